The topological polar surface area (TPSA) is 41.4 Å². The van der Waals surface area contributed by atoms with E-state index in [1.807, 2.05) is 35.3 Å². The highest BCUT2D eigenvalue weighted by atomic mass is 32.1. The summed E-state index contributed by atoms with van der Waals surface area (Å²) < 4.78 is 1.83. The molecule has 1 aliphatic heterocycles. The highest BCUT2D eigenvalue weighted by molar-refractivity contribution is 7.07. The van der Waals surface area contributed by atoms with E-state index in [0.29, 0.717) is 19.1 Å². The predicted octanol–water partition coefficient (Wildman–Crippen LogP) is 2.28. The number of likely N-dealkylation sites (tertiary alicyclic amines) is 1. The third-order valence-corrected chi connectivity index (χ3v) is 4.97. The van der Waals surface area contributed by atoms with Gasteiger partial charge in [-0.2, -0.15) is 16.4 Å². The van der Waals surface area contributed by atoms with Gasteiger partial charge in [0, 0.05) is 38.4 Å². The molecule has 5 nitrogen and oxygen atoms in total. The van der Waals surface area contributed by atoms with Gasteiger partial charge in [-0.15, -0.1) is 0 Å². The van der Waals surface area contributed by atoms with E-state index < -0.39 is 0 Å². The van der Waals surface area contributed by atoms with Crippen molar-refractivity contribution in [2.75, 3.05) is 20.1 Å². The summed E-state index contributed by atoms with van der Waals surface area (Å²) in [5.74, 6) is 0.182. The second-order valence-electron chi connectivity index (χ2n) is 5.96. The van der Waals surface area contributed by atoms with E-state index in [0.717, 1.165) is 19.4 Å². The number of aryl methyl sites for hydroxylation is 1. The summed E-state index contributed by atoms with van der Waals surface area (Å²) in [6, 6.07) is 2.40. The van der Waals surface area contributed by atoms with Crippen LogP contribution >= 0.6 is 11.3 Å². The average Bonchev–Trinajstić information content (AvgIpc) is 3.20. The lowest BCUT2D eigenvalue weighted by Gasteiger charge is -2.25. The molecule has 0 aliphatic carbocycles. The molecule has 1 aliphatic rings. The Morgan fingerprint density at radius 1 is 1.55 bits per heavy atom. The maximum absolute atomic E-state index is 12.5. The first-order valence-corrected chi connectivity index (χ1v) is 8.55. The van der Waals surface area contributed by atoms with Crippen LogP contribution in [0.25, 0.3) is 0 Å². The zero-order chi connectivity index (χ0) is 15.5. The Labute approximate surface area is 135 Å². The molecule has 1 atom stereocenters. The van der Waals surface area contributed by atoms with Crippen molar-refractivity contribution in [3.63, 3.8) is 0 Å². The zero-order valence-electron chi connectivity index (χ0n) is 13.1. The van der Waals surface area contributed by atoms with E-state index in [4.69, 9.17) is 0 Å². The molecule has 1 fully saturated rings. The largest absolute Gasteiger partial charge is 0.340 e. The fraction of sp³-hybridized carbons (Fsp3) is 0.500. The lowest BCUT2D eigenvalue weighted by atomic mass is 10.1. The Morgan fingerprint density at radius 3 is 3.09 bits per heavy atom. The molecule has 0 N–H and O–H groups in total. The summed E-state index contributed by atoms with van der Waals surface area (Å²) in [6.07, 6.45) is 6.22. The summed E-state index contributed by atoms with van der Waals surface area (Å²) in [7, 11) is 3.82. The highest BCUT2D eigenvalue weighted by Crippen LogP contribution is 2.31. The molecule has 2 aromatic rings. The summed E-state index contributed by atoms with van der Waals surface area (Å²) in [5, 5.41) is 8.40. The number of carbonyl (C=O) groups excluding carboxylic acids is 1. The van der Waals surface area contributed by atoms with Gasteiger partial charge in [0.1, 0.15) is 0 Å². The Balaban J connectivity index is 1.60. The van der Waals surface area contributed by atoms with Crippen molar-refractivity contribution in [1.82, 2.24) is 19.6 Å². The number of hydrogen-bond acceptors (Lipinski definition) is 4. The van der Waals surface area contributed by atoms with Crippen molar-refractivity contribution in [2.24, 2.45) is 7.05 Å². The van der Waals surface area contributed by atoms with Gasteiger partial charge in [-0.25, -0.2) is 0 Å². The van der Waals surface area contributed by atoms with Gasteiger partial charge in [0.05, 0.1) is 12.7 Å². The lowest BCUT2D eigenvalue weighted by Crippen LogP contribution is -2.37. The molecule has 118 valence electrons. The minimum Gasteiger partial charge on any atom is -0.340 e. The summed E-state index contributed by atoms with van der Waals surface area (Å²) >= 11 is 1.67. The van der Waals surface area contributed by atoms with Gasteiger partial charge in [-0.05, 0) is 41.8 Å². The Morgan fingerprint density at radius 2 is 2.41 bits per heavy atom. The fourth-order valence-corrected chi connectivity index (χ4v) is 3.70. The van der Waals surface area contributed by atoms with Crippen molar-refractivity contribution < 1.29 is 4.79 Å². The Bertz CT molecular complexity index is 622. The number of carbonyl (C=O) groups is 1. The molecule has 0 bridgehead atoms. The van der Waals surface area contributed by atoms with Gasteiger partial charge in [0.25, 0.3) is 0 Å². The van der Waals surface area contributed by atoms with Gasteiger partial charge in [-0.3, -0.25) is 14.4 Å². The van der Waals surface area contributed by atoms with Crippen molar-refractivity contribution in [2.45, 2.75) is 25.4 Å². The molecule has 1 amide bonds. The van der Waals surface area contributed by atoms with Gasteiger partial charge in [0.2, 0.25) is 5.91 Å². The quantitative estimate of drug-likeness (QED) is 0.849. The van der Waals surface area contributed by atoms with Crippen LogP contribution < -0.4 is 0 Å². The van der Waals surface area contributed by atoms with Crippen LogP contribution in [0.15, 0.2) is 29.2 Å². The molecule has 0 unspecified atom stereocenters. The van der Waals surface area contributed by atoms with Crippen LogP contribution in [0.4, 0.5) is 0 Å². The van der Waals surface area contributed by atoms with Crippen LogP contribution in [-0.4, -0.2) is 45.6 Å². The standard InChI is InChI=1S/C16H22N4OS/c1-18(9-13-5-7-22-12-13)16(21)11-20-6-3-4-15(20)14-8-17-19(2)10-14/h5,7-8,10,12,15H,3-4,6,9,11H2,1-2H3/t15-/m0/s1. The van der Waals surface area contributed by atoms with Gasteiger partial charge in [-0.1, -0.05) is 0 Å². The minimum absolute atomic E-state index is 0.182. The van der Waals surface area contributed by atoms with Crippen molar-refractivity contribution >= 4 is 17.2 Å². The van der Waals surface area contributed by atoms with Crippen LogP contribution in [0.2, 0.25) is 0 Å². The molecule has 0 radical (unpaired) electrons. The molecular weight excluding hydrogens is 296 g/mol. The molecule has 0 spiro atoms. The van der Waals surface area contributed by atoms with Gasteiger partial charge in [0.15, 0.2) is 0 Å². The minimum atomic E-state index is 0.182. The van der Waals surface area contributed by atoms with E-state index in [1.165, 1.54) is 11.1 Å². The Kier molecular flexibility index (Phi) is 4.59. The number of likely N-dealkylation sites (N-methyl/N-ethyl adjacent to an activating group) is 1. The molecule has 0 saturated carbocycles. The summed E-state index contributed by atoms with van der Waals surface area (Å²) in [6.45, 7) is 2.16. The van der Waals surface area contributed by atoms with Crippen molar-refractivity contribution in [1.29, 1.82) is 0 Å². The second-order valence-corrected chi connectivity index (χ2v) is 6.74. The van der Waals surface area contributed by atoms with E-state index in [2.05, 4.69) is 27.6 Å². The van der Waals surface area contributed by atoms with Gasteiger partial charge >= 0.3 is 0 Å². The molecule has 22 heavy (non-hydrogen) atoms. The smallest absolute Gasteiger partial charge is 0.236 e. The number of thiophene rings is 1. The normalized spacial score (nSPS) is 18.7. The predicted molar refractivity (Wildman–Crippen MR) is 87.5 cm³/mol. The third kappa shape index (κ3) is 3.39. The molecular formula is C16H22N4OS. The number of nitrogens with zero attached hydrogens (tertiary/aromatic N) is 4. The number of hydrogen-bond donors (Lipinski definition) is 0. The average molecular weight is 318 g/mol. The molecule has 6 heteroatoms. The number of rotatable bonds is 5. The molecule has 2 aromatic heterocycles. The van der Waals surface area contributed by atoms with E-state index in [-0.39, 0.29) is 5.91 Å². The van der Waals surface area contributed by atoms with Crippen LogP contribution in [-0.2, 0) is 18.4 Å². The number of amides is 1. The van der Waals surface area contributed by atoms with E-state index >= 15 is 0 Å². The first-order valence-electron chi connectivity index (χ1n) is 7.61. The van der Waals surface area contributed by atoms with Crippen LogP contribution in [0.1, 0.15) is 30.0 Å². The van der Waals surface area contributed by atoms with E-state index in [9.17, 15) is 4.79 Å². The Hall–Kier alpha value is -1.66. The fourth-order valence-electron chi connectivity index (χ4n) is 3.04. The zero-order valence-corrected chi connectivity index (χ0v) is 13.9. The maximum atomic E-state index is 12.5. The van der Waals surface area contributed by atoms with Crippen LogP contribution in [0, 0.1) is 0 Å². The van der Waals surface area contributed by atoms with Gasteiger partial charge < -0.3 is 4.90 Å². The van der Waals surface area contributed by atoms with Crippen molar-refractivity contribution in [3.8, 4) is 0 Å². The second kappa shape index (κ2) is 6.62. The first-order chi connectivity index (χ1) is 10.6. The summed E-state index contributed by atoms with van der Waals surface area (Å²) in [5.41, 5.74) is 2.42. The van der Waals surface area contributed by atoms with Crippen LogP contribution in [0.3, 0.4) is 0 Å². The summed E-state index contributed by atoms with van der Waals surface area (Å²) in [4.78, 5) is 16.6. The lowest BCUT2D eigenvalue weighted by molar-refractivity contribution is -0.131. The molecule has 3 rings (SSSR count). The maximum Gasteiger partial charge on any atom is 0.236 e. The highest BCUT2D eigenvalue weighted by Gasteiger charge is 2.29. The first kappa shape index (κ1) is 15.2. The third-order valence-electron chi connectivity index (χ3n) is 4.24. The molecule has 3 heterocycles. The SMILES string of the molecule is CN(Cc1ccsc1)C(=O)CN1CCC[C@H]1c1cnn(C)c1. The monoisotopic (exact) mass is 318 g/mol. The molecule has 1 saturated heterocycles. The van der Waals surface area contributed by atoms with Crippen molar-refractivity contribution in [3.05, 3.63) is 40.3 Å². The number of aromatic nitrogens is 2. The van der Waals surface area contributed by atoms with E-state index in [1.54, 1.807) is 11.3 Å². The molecule has 0 aromatic carbocycles. The van der Waals surface area contributed by atoms with Crippen LogP contribution in [0.5, 0.6) is 0 Å².